The molecule has 1 saturated heterocycles. The Hall–Kier alpha value is -1.22. The standard InChI is InChI=1S/C12H13NO2.ClH/c1-13-5-4-10(12(13)14)8-2-3-11-9(6-8)7-15-11;/h2-3,6,10H,4-5,7H2,1H3;1H. The molecule has 3 nitrogen and oxygen atoms in total. The van der Waals surface area contributed by atoms with Crippen molar-refractivity contribution in [2.45, 2.75) is 18.9 Å². The molecule has 1 unspecified atom stereocenters. The number of amides is 1. The summed E-state index contributed by atoms with van der Waals surface area (Å²) in [6.07, 6.45) is 0.939. The van der Waals surface area contributed by atoms with E-state index in [-0.39, 0.29) is 24.2 Å². The second-order valence-corrected chi connectivity index (χ2v) is 4.26. The molecular formula is C12H14ClNO2. The number of halogens is 1. The molecular weight excluding hydrogens is 226 g/mol. The molecule has 0 spiro atoms. The van der Waals surface area contributed by atoms with Gasteiger partial charge in [-0.2, -0.15) is 0 Å². The van der Waals surface area contributed by atoms with Gasteiger partial charge in [0.25, 0.3) is 0 Å². The summed E-state index contributed by atoms with van der Waals surface area (Å²) in [5, 5.41) is 0. The molecule has 0 aliphatic carbocycles. The maximum atomic E-state index is 11.8. The van der Waals surface area contributed by atoms with E-state index < -0.39 is 0 Å². The molecule has 2 heterocycles. The van der Waals surface area contributed by atoms with E-state index in [4.69, 9.17) is 4.74 Å². The van der Waals surface area contributed by atoms with Crippen molar-refractivity contribution in [1.29, 1.82) is 0 Å². The highest BCUT2D eigenvalue weighted by molar-refractivity contribution is 5.86. The highest BCUT2D eigenvalue weighted by Crippen LogP contribution is 2.34. The van der Waals surface area contributed by atoms with Gasteiger partial charge in [-0.05, 0) is 24.1 Å². The van der Waals surface area contributed by atoms with E-state index in [1.807, 2.05) is 19.2 Å². The third-order valence-electron chi connectivity index (χ3n) is 3.30. The summed E-state index contributed by atoms with van der Waals surface area (Å²) in [4.78, 5) is 13.6. The monoisotopic (exact) mass is 239 g/mol. The largest absolute Gasteiger partial charge is 0.488 e. The first-order valence-corrected chi connectivity index (χ1v) is 5.26. The fraction of sp³-hybridized carbons (Fsp3) is 0.417. The normalized spacial score (nSPS) is 21.9. The molecule has 1 aromatic carbocycles. The predicted molar refractivity (Wildman–Crippen MR) is 63.0 cm³/mol. The number of benzene rings is 1. The Labute approximate surface area is 101 Å². The van der Waals surface area contributed by atoms with Gasteiger partial charge in [-0.1, -0.05) is 6.07 Å². The molecule has 3 rings (SSSR count). The van der Waals surface area contributed by atoms with E-state index in [2.05, 4.69) is 6.07 Å². The van der Waals surface area contributed by atoms with E-state index in [1.165, 1.54) is 5.56 Å². The molecule has 2 aliphatic heterocycles. The molecule has 1 amide bonds. The zero-order valence-corrected chi connectivity index (χ0v) is 9.92. The van der Waals surface area contributed by atoms with Crippen molar-refractivity contribution in [2.75, 3.05) is 13.6 Å². The molecule has 1 fully saturated rings. The summed E-state index contributed by atoms with van der Waals surface area (Å²) in [5.41, 5.74) is 2.38. The summed E-state index contributed by atoms with van der Waals surface area (Å²) in [6, 6.07) is 6.10. The lowest BCUT2D eigenvalue weighted by Crippen LogP contribution is -2.22. The molecule has 0 saturated carbocycles. The van der Waals surface area contributed by atoms with Crippen molar-refractivity contribution in [3.63, 3.8) is 0 Å². The summed E-state index contributed by atoms with van der Waals surface area (Å²) >= 11 is 0. The maximum absolute atomic E-state index is 11.8. The highest BCUT2D eigenvalue weighted by atomic mass is 35.5. The van der Waals surface area contributed by atoms with Gasteiger partial charge in [-0.25, -0.2) is 0 Å². The van der Waals surface area contributed by atoms with Crippen molar-refractivity contribution in [2.24, 2.45) is 0 Å². The van der Waals surface area contributed by atoms with Crippen LogP contribution < -0.4 is 4.74 Å². The zero-order chi connectivity index (χ0) is 10.4. The molecule has 0 N–H and O–H groups in total. The van der Waals surface area contributed by atoms with Crippen LogP contribution in [0.1, 0.15) is 23.5 Å². The van der Waals surface area contributed by atoms with Crippen LogP contribution in [0.5, 0.6) is 5.75 Å². The Bertz CT molecular complexity index is 433. The summed E-state index contributed by atoms with van der Waals surface area (Å²) < 4.78 is 5.25. The Balaban J connectivity index is 0.000000963. The van der Waals surface area contributed by atoms with Crippen LogP contribution in [-0.2, 0) is 11.4 Å². The van der Waals surface area contributed by atoms with Crippen molar-refractivity contribution in [3.8, 4) is 5.75 Å². The first-order valence-electron chi connectivity index (χ1n) is 5.26. The minimum absolute atomic E-state index is 0. The molecule has 0 bridgehead atoms. The van der Waals surface area contributed by atoms with Crippen molar-refractivity contribution < 1.29 is 9.53 Å². The third kappa shape index (κ3) is 1.55. The van der Waals surface area contributed by atoms with Gasteiger partial charge < -0.3 is 9.64 Å². The Morgan fingerprint density at radius 2 is 2.25 bits per heavy atom. The number of carbonyl (C=O) groups excluding carboxylic acids is 1. The van der Waals surface area contributed by atoms with E-state index >= 15 is 0 Å². The zero-order valence-electron chi connectivity index (χ0n) is 9.10. The number of fused-ring (bicyclic) bond motifs is 1. The van der Waals surface area contributed by atoms with Crippen LogP contribution in [0.4, 0.5) is 0 Å². The molecule has 4 heteroatoms. The molecule has 16 heavy (non-hydrogen) atoms. The van der Waals surface area contributed by atoms with Gasteiger partial charge in [0.15, 0.2) is 0 Å². The number of hydrogen-bond acceptors (Lipinski definition) is 2. The third-order valence-corrected chi connectivity index (χ3v) is 3.30. The average Bonchev–Trinajstić information content (AvgIpc) is 2.51. The number of rotatable bonds is 1. The molecule has 1 atom stereocenters. The van der Waals surface area contributed by atoms with Crippen molar-refractivity contribution in [3.05, 3.63) is 29.3 Å². The van der Waals surface area contributed by atoms with Crippen LogP contribution in [0, 0.1) is 0 Å². The summed E-state index contributed by atoms with van der Waals surface area (Å²) in [5.74, 6) is 1.29. The smallest absolute Gasteiger partial charge is 0.229 e. The van der Waals surface area contributed by atoms with Gasteiger partial charge in [-0.3, -0.25) is 4.79 Å². The number of carbonyl (C=O) groups is 1. The number of likely N-dealkylation sites (N-methyl/N-ethyl adjacent to an activating group) is 1. The van der Waals surface area contributed by atoms with Gasteiger partial charge in [0.05, 0.1) is 5.92 Å². The molecule has 0 aromatic heterocycles. The van der Waals surface area contributed by atoms with Crippen LogP contribution in [-0.4, -0.2) is 24.4 Å². The fourth-order valence-electron chi connectivity index (χ4n) is 2.28. The number of nitrogens with zero attached hydrogens (tertiary/aromatic N) is 1. The quantitative estimate of drug-likeness (QED) is 0.750. The van der Waals surface area contributed by atoms with E-state index in [1.54, 1.807) is 4.90 Å². The molecule has 1 aromatic rings. The molecule has 0 radical (unpaired) electrons. The van der Waals surface area contributed by atoms with Crippen LogP contribution in [0.2, 0.25) is 0 Å². The van der Waals surface area contributed by atoms with Gasteiger partial charge in [0, 0.05) is 19.2 Å². The van der Waals surface area contributed by atoms with Crippen LogP contribution in [0.15, 0.2) is 18.2 Å². The van der Waals surface area contributed by atoms with E-state index in [9.17, 15) is 4.79 Å². The topological polar surface area (TPSA) is 29.5 Å². The Morgan fingerprint density at radius 1 is 1.44 bits per heavy atom. The Kier molecular flexibility index (Phi) is 2.80. The minimum Gasteiger partial charge on any atom is -0.488 e. The lowest BCUT2D eigenvalue weighted by Gasteiger charge is -2.22. The van der Waals surface area contributed by atoms with Crippen LogP contribution in [0.25, 0.3) is 0 Å². The van der Waals surface area contributed by atoms with Crippen LogP contribution in [0.3, 0.4) is 0 Å². The van der Waals surface area contributed by atoms with E-state index in [0.717, 1.165) is 24.3 Å². The lowest BCUT2D eigenvalue weighted by molar-refractivity contribution is -0.127. The van der Waals surface area contributed by atoms with Crippen molar-refractivity contribution in [1.82, 2.24) is 4.90 Å². The molecule has 2 aliphatic rings. The van der Waals surface area contributed by atoms with Gasteiger partial charge >= 0.3 is 0 Å². The Morgan fingerprint density at radius 3 is 2.75 bits per heavy atom. The van der Waals surface area contributed by atoms with E-state index in [0.29, 0.717) is 6.61 Å². The van der Waals surface area contributed by atoms with Gasteiger partial charge in [-0.15, -0.1) is 12.4 Å². The number of ether oxygens (including phenoxy) is 1. The van der Waals surface area contributed by atoms with Crippen molar-refractivity contribution >= 4 is 18.3 Å². The average molecular weight is 240 g/mol. The first kappa shape index (κ1) is 11.3. The highest BCUT2D eigenvalue weighted by Gasteiger charge is 2.31. The number of hydrogen-bond donors (Lipinski definition) is 0. The summed E-state index contributed by atoms with van der Waals surface area (Å²) in [7, 11) is 1.87. The van der Waals surface area contributed by atoms with Gasteiger partial charge in [0.2, 0.25) is 5.91 Å². The summed E-state index contributed by atoms with van der Waals surface area (Å²) in [6.45, 7) is 1.57. The second-order valence-electron chi connectivity index (χ2n) is 4.26. The second kappa shape index (κ2) is 3.98. The predicted octanol–water partition coefficient (Wildman–Crippen LogP) is 1.95. The maximum Gasteiger partial charge on any atom is 0.229 e. The van der Waals surface area contributed by atoms with Gasteiger partial charge in [0.1, 0.15) is 12.4 Å². The fourth-order valence-corrected chi connectivity index (χ4v) is 2.28. The first-order chi connectivity index (χ1) is 7.25. The van der Waals surface area contributed by atoms with Crippen LogP contribution >= 0.6 is 12.4 Å². The SMILES string of the molecule is CN1CCC(c2ccc3c(c2)CO3)C1=O.Cl. The minimum atomic E-state index is 0. The molecule has 86 valence electrons. The number of likely N-dealkylation sites (tertiary alicyclic amines) is 1. The lowest BCUT2D eigenvalue weighted by atomic mass is 9.95.